The number of rotatable bonds is 4. The summed E-state index contributed by atoms with van der Waals surface area (Å²) in [6.07, 6.45) is -0.227. The number of likely N-dealkylation sites (tertiary alicyclic amines) is 1. The van der Waals surface area contributed by atoms with E-state index in [2.05, 4.69) is 10.6 Å². The largest absolute Gasteiger partial charge is 0.370 e. The van der Waals surface area contributed by atoms with Crippen molar-refractivity contribution in [1.82, 2.24) is 10.2 Å². The predicted molar refractivity (Wildman–Crippen MR) is 111 cm³/mol. The molecule has 3 aliphatic heterocycles. The second kappa shape index (κ2) is 7.11. The van der Waals surface area contributed by atoms with Crippen LogP contribution < -0.4 is 16.4 Å². The molecule has 8 nitrogen and oxygen atoms in total. The third kappa shape index (κ3) is 2.85. The maximum atomic E-state index is 13.6. The van der Waals surface area contributed by atoms with E-state index < -0.39 is 52.9 Å². The van der Waals surface area contributed by atoms with Gasteiger partial charge in [-0.25, -0.2) is 4.39 Å². The molecule has 3 aliphatic rings. The Labute approximate surface area is 186 Å². The Morgan fingerprint density at radius 2 is 1.84 bits per heavy atom. The van der Waals surface area contributed by atoms with E-state index in [0.29, 0.717) is 21.8 Å². The standard InChI is InChI=1S/C22H18ClFN4O4/c23-11-3-6-14-13(7-11)22(21(32)26-14)18-17(15(27-22)8-16(25)29)19(30)28(20(18)31)9-10-1-4-12(24)5-2-10/h1-7,15,17-18,27H,8-9H2,(H2,25,29)(H,26,32)/t15-,17-,18+,22-/m1/s1. The summed E-state index contributed by atoms with van der Waals surface area (Å²) in [5.74, 6) is -4.71. The summed E-state index contributed by atoms with van der Waals surface area (Å²) in [6.45, 7) is -0.0751. The first-order valence-electron chi connectivity index (χ1n) is 9.99. The molecule has 4 N–H and O–H groups in total. The SMILES string of the molecule is NC(=O)C[C@H]1N[C@@]2(C(=O)Nc3ccc(Cl)cc32)[C@@H]2C(=O)N(Cc3ccc(F)cc3)C(=O)[C@@H]21. The average Bonchev–Trinajstić information content (AvgIpc) is 3.30. The van der Waals surface area contributed by atoms with Gasteiger partial charge in [0.25, 0.3) is 0 Å². The molecule has 2 aromatic rings. The molecule has 164 valence electrons. The van der Waals surface area contributed by atoms with Crippen LogP contribution in [0.3, 0.4) is 0 Å². The molecule has 0 saturated carbocycles. The van der Waals surface area contributed by atoms with Crippen LogP contribution in [0.25, 0.3) is 0 Å². The third-order valence-corrected chi connectivity index (χ3v) is 6.68. The van der Waals surface area contributed by atoms with Crippen molar-refractivity contribution in [3.63, 3.8) is 0 Å². The summed E-state index contributed by atoms with van der Waals surface area (Å²) in [6, 6.07) is 9.43. The van der Waals surface area contributed by atoms with Crippen LogP contribution in [0.2, 0.25) is 5.02 Å². The maximum absolute atomic E-state index is 13.6. The molecule has 1 spiro atoms. The highest BCUT2D eigenvalue weighted by molar-refractivity contribution is 6.31. The van der Waals surface area contributed by atoms with Crippen LogP contribution in [-0.4, -0.2) is 34.6 Å². The van der Waals surface area contributed by atoms with E-state index in [4.69, 9.17) is 17.3 Å². The molecule has 4 atom stereocenters. The molecule has 2 saturated heterocycles. The number of nitrogens with two attached hydrogens (primary N) is 1. The van der Waals surface area contributed by atoms with E-state index in [1.807, 2.05) is 0 Å². The van der Waals surface area contributed by atoms with Crippen LogP contribution in [0, 0.1) is 17.7 Å². The molecule has 4 amide bonds. The number of imide groups is 1. The molecule has 32 heavy (non-hydrogen) atoms. The van der Waals surface area contributed by atoms with Gasteiger partial charge in [-0.1, -0.05) is 23.7 Å². The third-order valence-electron chi connectivity index (χ3n) is 6.44. The highest BCUT2D eigenvalue weighted by Crippen LogP contribution is 2.53. The quantitative estimate of drug-likeness (QED) is 0.598. The van der Waals surface area contributed by atoms with Crippen LogP contribution >= 0.6 is 11.6 Å². The van der Waals surface area contributed by atoms with Crippen LogP contribution in [0.5, 0.6) is 0 Å². The Bertz CT molecular complexity index is 1190. The van der Waals surface area contributed by atoms with E-state index in [-0.39, 0.29) is 13.0 Å². The fourth-order valence-electron chi connectivity index (χ4n) is 5.15. The second-order valence-corrected chi connectivity index (χ2v) is 8.70. The summed E-state index contributed by atoms with van der Waals surface area (Å²) in [4.78, 5) is 53.0. The van der Waals surface area contributed by atoms with E-state index in [1.165, 1.54) is 24.3 Å². The summed E-state index contributed by atoms with van der Waals surface area (Å²) in [5.41, 5.74) is 5.32. The van der Waals surface area contributed by atoms with Gasteiger partial charge in [0, 0.05) is 28.7 Å². The molecular formula is C22H18ClFN4O4. The Morgan fingerprint density at radius 3 is 2.53 bits per heavy atom. The zero-order valence-corrected chi connectivity index (χ0v) is 17.4. The molecule has 0 radical (unpaired) electrons. The molecular weight excluding hydrogens is 439 g/mol. The minimum atomic E-state index is -1.56. The first kappa shape index (κ1) is 20.6. The number of anilines is 1. The van der Waals surface area contributed by atoms with Crippen molar-refractivity contribution in [2.45, 2.75) is 24.5 Å². The summed E-state index contributed by atoms with van der Waals surface area (Å²) >= 11 is 6.18. The van der Waals surface area contributed by atoms with Crippen molar-refractivity contribution in [1.29, 1.82) is 0 Å². The molecule has 0 aromatic heterocycles. The topological polar surface area (TPSA) is 122 Å². The number of amides is 4. The number of carbonyl (C=O) groups excluding carboxylic acids is 4. The monoisotopic (exact) mass is 456 g/mol. The highest BCUT2D eigenvalue weighted by atomic mass is 35.5. The van der Waals surface area contributed by atoms with Crippen LogP contribution in [-0.2, 0) is 31.3 Å². The summed E-state index contributed by atoms with van der Waals surface area (Å²) in [7, 11) is 0. The van der Waals surface area contributed by atoms with Gasteiger partial charge in [0.1, 0.15) is 11.4 Å². The van der Waals surface area contributed by atoms with Gasteiger partial charge in [-0.3, -0.25) is 29.4 Å². The van der Waals surface area contributed by atoms with Crippen molar-refractivity contribution in [3.05, 3.63) is 64.4 Å². The molecule has 10 heteroatoms. The number of carbonyl (C=O) groups is 4. The van der Waals surface area contributed by atoms with Gasteiger partial charge in [-0.15, -0.1) is 0 Å². The molecule has 2 fully saturated rings. The van der Waals surface area contributed by atoms with E-state index in [1.54, 1.807) is 18.2 Å². The van der Waals surface area contributed by atoms with Gasteiger partial charge in [0.2, 0.25) is 23.6 Å². The fourth-order valence-corrected chi connectivity index (χ4v) is 5.33. The molecule has 0 unspecified atom stereocenters. The van der Waals surface area contributed by atoms with Crippen LogP contribution in [0.4, 0.5) is 10.1 Å². The Kier molecular flexibility index (Phi) is 4.58. The number of hydrogen-bond donors (Lipinski definition) is 3. The summed E-state index contributed by atoms with van der Waals surface area (Å²) in [5, 5.41) is 6.20. The zero-order chi connectivity index (χ0) is 22.8. The van der Waals surface area contributed by atoms with Gasteiger partial charge >= 0.3 is 0 Å². The van der Waals surface area contributed by atoms with Gasteiger partial charge in [0.05, 0.1) is 18.4 Å². The van der Waals surface area contributed by atoms with E-state index in [9.17, 15) is 23.6 Å². The Hall–Kier alpha value is -3.30. The molecule has 3 heterocycles. The molecule has 0 bridgehead atoms. The highest BCUT2D eigenvalue weighted by Gasteiger charge is 2.70. The maximum Gasteiger partial charge on any atom is 0.250 e. The lowest BCUT2D eigenvalue weighted by molar-refractivity contribution is -0.143. The first-order chi connectivity index (χ1) is 15.2. The normalized spacial score (nSPS) is 28.2. The molecule has 0 aliphatic carbocycles. The zero-order valence-electron chi connectivity index (χ0n) is 16.6. The number of benzene rings is 2. The Balaban J connectivity index is 1.60. The van der Waals surface area contributed by atoms with Crippen molar-refractivity contribution in [2.24, 2.45) is 17.6 Å². The average molecular weight is 457 g/mol. The van der Waals surface area contributed by atoms with Crippen molar-refractivity contribution in [2.75, 3.05) is 5.32 Å². The van der Waals surface area contributed by atoms with E-state index in [0.717, 1.165) is 4.90 Å². The second-order valence-electron chi connectivity index (χ2n) is 8.27. The first-order valence-corrected chi connectivity index (χ1v) is 10.4. The fraction of sp³-hybridized carbons (Fsp3) is 0.273. The Morgan fingerprint density at radius 1 is 1.12 bits per heavy atom. The molecule has 5 rings (SSSR count). The number of primary amides is 1. The number of nitrogens with zero attached hydrogens (tertiary/aromatic N) is 1. The van der Waals surface area contributed by atoms with E-state index >= 15 is 0 Å². The number of hydrogen-bond acceptors (Lipinski definition) is 5. The van der Waals surface area contributed by atoms with Gasteiger partial charge in [-0.05, 0) is 35.9 Å². The lowest BCUT2D eigenvalue weighted by Crippen LogP contribution is -2.53. The number of fused-ring (bicyclic) bond motifs is 4. The van der Waals surface area contributed by atoms with Crippen molar-refractivity contribution < 1.29 is 23.6 Å². The molecule has 2 aromatic carbocycles. The van der Waals surface area contributed by atoms with Crippen molar-refractivity contribution in [3.8, 4) is 0 Å². The summed E-state index contributed by atoms with van der Waals surface area (Å²) < 4.78 is 13.3. The minimum Gasteiger partial charge on any atom is -0.370 e. The lowest BCUT2D eigenvalue weighted by Gasteiger charge is -2.29. The minimum absolute atomic E-state index is 0.0751. The number of nitrogens with one attached hydrogen (secondary N) is 2. The van der Waals surface area contributed by atoms with Gasteiger partial charge in [-0.2, -0.15) is 0 Å². The lowest BCUT2D eigenvalue weighted by atomic mass is 9.76. The smallest absolute Gasteiger partial charge is 0.250 e. The van der Waals surface area contributed by atoms with Crippen LogP contribution in [0.1, 0.15) is 17.5 Å². The van der Waals surface area contributed by atoms with Crippen molar-refractivity contribution >= 4 is 40.9 Å². The van der Waals surface area contributed by atoms with Crippen LogP contribution in [0.15, 0.2) is 42.5 Å². The van der Waals surface area contributed by atoms with Gasteiger partial charge in [0.15, 0.2) is 0 Å². The van der Waals surface area contributed by atoms with Gasteiger partial charge < -0.3 is 11.1 Å². The predicted octanol–water partition coefficient (Wildman–Crippen LogP) is 1.28. The number of halogens is 2.